The number of hydrogen-bond acceptors (Lipinski definition) is 2. The monoisotopic (exact) mass is 792 g/mol. The summed E-state index contributed by atoms with van der Waals surface area (Å²) < 4.78 is 387. The number of alkyl halides is 28. The molecule has 0 saturated carbocycles. The van der Waals surface area contributed by atoms with Crippen LogP contribution in [0.5, 0.6) is 0 Å². The van der Waals surface area contributed by atoms with Gasteiger partial charge in [0, 0.05) is 0 Å². The van der Waals surface area contributed by atoms with E-state index in [0.29, 0.717) is 0 Å². The first-order valence-electron chi connectivity index (χ1n) is 9.86. The molecule has 0 rings (SSSR count). The smallest absolute Gasteiger partial charge is 0.410 e. The molecule has 0 amide bonds. The fraction of sp³-hybridized carbons (Fsp3) is 0.875. The summed E-state index contributed by atoms with van der Waals surface area (Å²) in [5, 5.41) is 7.66. The van der Waals surface area contributed by atoms with Crippen LogP contribution in [-0.4, -0.2) is 100 Å². The van der Waals surface area contributed by atoms with Gasteiger partial charge in [-0.1, -0.05) is 0 Å². The molecule has 0 aliphatic rings. The highest BCUT2D eigenvalue weighted by atomic mass is 19.4. The largest absolute Gasteiger partial charge is 0.477 e. The van der Waals surface area contributed by atoms with Gasteiger partial charge >= 0.3 is 94.9 Å². The van der Waals surface area contributed by atoms with Crippen LogP contribution < -0.4 is 0 Å². The van der Waals surface area contributed by atoms with Crippen molar-refractivity contribution in [1.82, 2.24) is 0 Å². The second-order valence-electron chi connectivity index (χ2n) is 8.62. The van der Waals surface area contributed by atoms with E-state index in [4.69, 9.17) is 5.11 Å². The van der Waals surface area contributed by atoms with Crippen LogP contribution >= 0.6 is 0 Å². The average Bonchev–Trinajstić information content (AvgIpc) is 2.86. The zero-order valence-electron chi connectivity index (χ0n) is 20.2. The summed E-state index contributed by atoms with van der Waals surface area (Å²) in [6.45, 7) is 0. The van der Waals surface area contributed by atoms with E-state index in [1.807, 2.05) is 0 Å². The molecule has 0 fully saturated rings. The van der Waals surface area contributed by atoms with Gasteiger partial charge in [-0.3, -0.25) is 4.79 Å². The zero-order valence-corrected chi connectivity index (χ0v) is 20.2. The summed E-state index contributed by atoms with van der Waals surface area (Å²) in [7, 11) is 0. The molecule has 0 heterocycles. The molecule has 0 aliphatic carbocycles. The Balaban J connectivity index is 7.65. The van der Waals surface area contributed by atoms with Gasteiger partial charge in [0.2, 0.25) is 0 Å². The normalized spacial score (nSPS) is 16.7. The van der Waals surface area contributed by atoms with Crippen LogP contribution in [0.15, 0.2) is 0 Å². The summed E-state index contributed by atoms with van der Waals surface area (Å²) in [4.78, 5) is 19.6. The van der Waals surface area contributed by atoms with E-state index in [-0.39, 0.29) is 0 Å². The summed E-state index contributed by atoms with van der Waals surface area (Å²) in [6.07, 6.45) is 0. The Morgan fingerprint density at radius 2 is 0.396 bits per heavy atom. The fourth-order valence-corrected chi connectivity index (χ4v) is 2.62. The third kappa shape index (κ3) is 4.81. The van der Waals surface area contributed by atoms with Crippen LogP contribution in [0, 0.1) is 0 Å². The maximum absolute atomic E-state index is 13.7. The Bertz CT molecular complexity index is 1160. The van der Waals surface area contributed by atoms with E-state index < -0.39 is 94.9 Å². The second kappa shape index (κ2) is 10.8. The van der Waals surface area contributed by atoms with E-state index in [9.17, 15) is 137 Å². The first-order chi connectivity index (χ1) is 20.1. The zero-order chi connectivity index (χ0) is 40.2. The van der Waals surface area contributed by atoms with Crippen LogP contribution in [0.3, 0.4) is 0 Å². The Kier molecular flexibility index (Phi) is 10.2. The van der Waals surface area contributed by atoms with Crippen molar-refractivity contribution in [3.8, 4) is 0 Å². The molecule has 1 N–H and O–H groups in total. The predicted molar refractivity (Wildman–Crippen MR) is 83.0 cm³/mol. The van der Waals surface area contributed by atoms with Gasteiger partial charge in [0.15, 0.2) is 0 Å². The number of hydrogen-bond donors (Lipinski definition) is 1. The maximum Gasteiger partial charge on any atom is 0.410 e. The quantitative estimate of drug-likeness (QED) is 0.134. The molecule has 286 valence electrons. The van der Waals surface area contributed by atoms with Gasteiger partial charge in [-0.05, 0) is 0 Å². The first kappa shape index (κ1) is 45.1. The topological polar surface area (TPSA) is 54.4 Å². The molecule has 0 aliphatic heterocycles. The third-order valence-electron chi connectivity index (χ3n) is 5.64. The Morgan fingerprint density at radius 1 is 0.271 bits per heavy atom. The van der Waals surface area contributed by atoms with Gasteiger partial charge < -0.3 is 5.11 Å². The van der Waals surface area contributed by atoms with Crippen molar-refractivity contribution in [2.24, 2.45) is 0 Å². The number of carbonyl (C=O) groups is 2. The highest BCUT2D eigenvalue weighted by molar-refractivity contribution is 5.78. The van der Waals surface area contributed by atoms with Gasteiger partial charge in [0.25, 0.3) is 0 Å². The molecule has 32 heteroatoms. The van der Waals surface area contributed by atoms with Crippen LogP contribution in [0.4, 0.5) is 127 Å². The molecule has 0 aromatic heterocycles. The van der Waals surface area contributed by atoms with Crippen LogP contribution in [0.1, 0.15) is 0 Å². The lowest BCUT2D eigenvalue weighted by Crippen LogP contribution is -2.79. The van der Waals surface area contributed by atoms with E-state index >= 15 is 0 Å². The van der Waals surface area contributed by atoms with Gasteiger partial charge in [-0.25, -0.2) is 4.79 Å². The van der Waals surface area contributed by atoms with E-state index in [1.165, 1.54) is 0 Å². The minimum atomic E-state index is -10.1. The average molecular weight is 792 g/mol. The number of carbonyl (C=O) groups excluding carboxylic acids is 1. The van der Waals surface area contributed by atoms with Gasteiger partial charge in [0.05, 0.1) is 0 Å². The molecule has 48 heavy (non-hydrogen) atoms. The lowest BCUT2D eigenvalue weighted by molar-refractivity contribution is -0.483. The van der Waals surface area contributed by atoms with E-state index in [0.717, 1.165) is 0 Å². The van der Waals surface area contributed by atoms with Crippen LogP contribution in [0.25, 0.3) is 0 Å². The number of aliphatic carboxylic acids is 1. The minimum absolute atomic E-state index is 4.78. The Morgan fingerprint density at radius 3 is 0.521 bits per heavy atom. The molecule has 0 unspecified atom stereocenters. The summed E-state index contributed by atoms with van der Waals surface area (Å²) in [5.41, 5.74) is 0. The molecule has 0 aromatic carbocycles. The highest BCUT2D eigenvalue weighted by Gasteiger charge is 3.01. The van der Waals surface area contributed by atoms with Crippen LogP contribution in [-0.2, 0) is 9.59 Å². The van der Waals surface area contributed by atoms with Crippen molar-refractivity contribution in [3.05, 3.63) is 0 Å². The van der Waals surface area contributed by atoms with Crippen molar-refractivity contribution < 1.29 is 142 Å². The first-order valence-corrected chi connectivity index (χ1v) is 9.86. The van der Waals surface area contributed by atoms with Crippen molar-refractivity contribution in [3.63, 3.8) is 0 Å². The van der Waals surface area contributed by atoms with Crippen LogP contribution in [0.2, 0.25) is 0 Å². The maximum atomic E-state index is 13.7. The van der Waals surface area contributed by atoms with E-state index in [1.54, 1.807) is 0 Å². The minimum Gasteiger partial charge on any atom is -0.477 e. The van der Waals surface area contributed by atoms with Crippen molar-refractivity contribution >= 4 is 12.0 Å². The molecule has 0 aromatic rings. The standard InChI is InChI=1S/C16HF29O3/c17-1(46)3(18,19)5(22,23)7(26,27)9(30,31)11(34,35)13(38,39)15(42,43)16(44,45)14(40,41)12(36,37)10(32,33)8(28,29)6(24,25)4(20,21)2(47)48/h(H,47,48). The number of carboxylic acid groups (broad SMARTS) is 1. The Labute approximate surface area is 238 Å². The van der Waals surface area contributed by atoms with Gasteiger partial charge in [-0.2, -0.15) is 127 Å². The summed E-state index contributed by atoms with van der Waals surface area (Å²) in [5.74, 6) is -136. The SMILES string of the molecule is O=C(O)C(F)(F)C(F)(F)C(F)(F)C(F)(F)C(F)(F)C(F)(F)C(F)(F)C(F)(F)C(F)(F)C(F)(F)C(F)(F)C(F)(F)C(F)(F)C(F)(F)C(=O)F. The Hall–Kier alpha value is -2.89. The lowest BCUT2D eigenvalue weighted by Gasteiger charge is -2.46. The molecule has 0 atom stereocenters. The molecule has 0 radical (unpaired) electrons. The summed E-state index contributed by atoms with van der Waals surface area (Å²) >= 11 is 0. The second-order valence-corrected chi connectivity index (χ2v) is 8.62. The van der Waals surface area contributed by atoms with Gasteiger partial charge in [0.1, 0.15) is 0 Å². The van der Waals surface area contributed by atoms with Crippen molar-refractivity contribution in [2.75, 3.05) is 0 Å². The molecule has 3 nitrogen and oxygen atoms in total. The van der Waals surface area contributed by atoms with Crippen molar-refractivity contribution in [2.45, 2.75) is 82.9 Å². The number of rotatable bonds is 15. The third-order valence-corrected chi connectivity index (χ3v) is 5.64. The summed E-state index contributed by atoms with van der Waals surface area (Å²) in [6, 6.07) is -5.28. The highest BCUT2D eigenvalue weighted by Crippen LogP contribution is 2.68. The molecule has 0 spiro atoms. The van der Waals surface area contributed by atoms with Gasteiger partial charge in [-0.15, -0.1) is 0 Å². The fourth-order valence-electron chi connectivity index (χ4n) is 2.62. The van der Waals surface area contributed by atoms with Crippen molar-refractivity contribution in [1.29, 1.82) is 0 Å². The molecular formula is C16HF29O3. The molecule has 0 bridgehead atoms. The van der Waals surface area contributed by atoms with E-state index in [2.05, 4.69) is 0 Å². The number of halogens is 29. The predicted octanol–water partition coefficient (Wildman–Crippen LogP) is 8.46. The molecular weight excluding hydrogens is 791 g/mol. The number of carboxylic acids is 1. The lowest BCUT2D eigenvalue weighted by atomic mass is 9.83. The molecule has 0 saturated heterocycles.